The molecule has 6 heteroatoms. The topological polar surface area (TPSA) is 89.9 Å². The van der Waals surface area contributed by atoms with Gasteiger partial charge in [0, 0.05) is 13.6 Å². The van der Waals surface area contributed by atoms with Gasteiger partial charge >= 0.3 is 12.0 Å². The second-order valence-electron chi connectivity index (χ2n) is 5.21. The fourth-order valence-electron chi connectivity index (χ4n) is 2.17. The third-order valence-corrected chi connectivity index (χ3v) is 3.39. The van der Waals surface area contributed by atoms with Crippen LogP contribution in [0.15, 0.2) is 0 Å². The summed E-state index contributed by atoms with van der Waals surface area (Å²) in [6.45, 7) is 1.92. The largest absolute Gasteiger partial charge is 0.481 e. The number of carbonyl (C=O) groups excluding carboxylic acids is 1. The molecule has 2 amide bonds. The third-order valence-electron chi connectivity index (χ3n) is 3.39. The molecule has 3 N–H and O–H groups in total. The molecule has 0 aromatic heterocycles. The lowest BCUT2D eigenvalue weighted by Crippen LogP contribution is -2.47. The second kappa shape index (κ2) is 6.04. The first kappa shape index (κ1) is 14.8. The van der Waals surface area contributed by atoms with Gasteiger partial charge in [0.15, 0.2) is 0 Å². The highest BCUT2D eigenvalue weighted by molar-refractivity contribution is 5.75. The Morgan fingerprint density at radius 3 is 2.44 bits per heavy atom. The molecule has 18 heavy (non-hydrogen) atoms. The molecule has 0 spiro atoms. The number of rotatable bonds is 5. The van der Waals surface area contributed by atoms with Gasteiger partial charge in [0.25, 0.3) is 0 Å². The van der Waals surface area contributed by atoms with Gasteiger partial charge < -0.3 is 20.4 Å². The van der Waals surface area contributed by atoms with E-state index >= 15 is 0 Å². The highest BCUT2D eigenvalue weighted by Crippen LogP contribution is 2.29. The van der Waals surface area contributed by atoms with Crippen molar-refractivity contribution in [3.05, 3.63) is 0 Å². The fourth-order valence-corrected chi connectivity index (χ4v) is 2.17. The summed E-state index contributed by atoms with van der Waals surface area (Å²) in [5.41, 5.74) is -0.773. The Hall–Kier alpha value is -1.30. The van der Waals surface area contributed by atoms with Crippen LogP contribution >= 0.6 is 0 Å². The number of carboxylic acid groups (broad SMARTS) is 1. The van der Waals surface area contributed by atoms with E-state index in [2.05, 4.69) is 5.32 Å². The average molecular weight is 258 g/mol. The second-order valence-corrected chi connectivity index (χ2v) is 5.21. The van der Waals surface area contributed by atoms with E-state index in [1.807, 2.05) is 0 Å². The Labute approximate surface area is 107 Å². The van der Waals surface area contributed by atoms with Gasteiger partial charge in [-0.05, 0) is 12.8 Å². The van der Waals surface area contributed by atoms with Gasteiger partial charge in [-0.1, -0.05) is 19.8 Å². The van der Waals surface area contributed by atoms with Crippen molar-refractivity contribution in [1.82, 2.24) is 10.2 Å². The van der Waals surface area contributed by atoms with Gasteiger partial charge in [0.05, 0.1) is 18.1 Å². The van der Waals surface area contributed by atoms with E-state index in [1.54, 1.807) is 7.05 Å². The Kier molecular flexibility index (Phi) is 4.95. The van der Waals surface area contributed by atoms with E-state index in [0.717, 1.165) is 25.7 Å². The van der Waals surface area contributed by atoms with Crippen molar-refractivity contribution in [2.75, 3.05) is 20.1 Å². The maximum atomic E-state index is 11.7. The average Bonchev–Trinajstić information content (AvgIpc) is 2.71. The van der Waals surface area contributed by atoms with Gasteiger partial charge in [-0.25, -0.2) is 4.79 Å². The van der Waals surface area contributed by atoms with Crippen LogP contribution in [0.1, 0.15) is 32.6 Å². The molecular weight excluding hydrogens is 236 g/mol. The van der Waals surface area contributed by atoms with Crippen LogP contribution in [0.3, 0.4) is 0 Å². The van der Waals surface area contributed by atoms with E-state index in [-0.39, 0.29) is 12.6 Å². The molecule has 0 aromatic carbocycles. The fraction of sp³-hybridized carbons (Fsp3) is 0.833. The smallest absolute Gasteiger partial charge is 0.317 e. The Balaban J connectivity index is 2.35. The minimum absolute atomic E-state index is 0.0942. The molecule has 1 fully saturated rings. The number of carboxylic acids is 1. The summed E-state index contributed by atoms with van der Waals surface area (Å²) in [7, 11) is 1.61. The molecular formula is C12H22N2O4. The quantitative estimate of drug-likeness (QED) is 0.675. The van der Waals surface area contributed by atoms with Crippen LogP contribution in [0.4, 0.5) is 4.79 Å². The van der Waals surface area contributed by atoms with E-state index in [1.165, 1.54) is 11.8 Å². The first-order valence-electron chi connectivity index (χ1n) is 6.28. The molecule has 1 aliphatic carbocycles. The Morgan fingerprint density at radius 1 is 1.39 bits per heavy atom. The molecule has 0 bridgehead atoms. The number of hydrogen-bond donors (Lipinski definition) is 3. The molecule has 1 saturated carbocycles. The Bertz CT molecular complexity index is 313. The van der Waals surface area contributed by atoms with Gasteiger partial charge in [0.1, 0.15) is 0 Å². The zero-order valence-corrected chi connectivity index (χ0v) is 11.0. The molecule has 6 nitrogen and oxygen atoms in total. The van der Waals surface area contributed by atoms with Crippen LogP contribution < -0.4 is 5.32 Å². The first-order chi connectivity index (χ1) is 8.34. The summed E-state index contributed by atoms with van der Waals surface area (Å²) in [6.07, 6.45) is 3.41. The van der Waals surface area contributed by atoms with Crippen molar-refractivity contribution in [2.24, 2.45) is 5.92 Å². The number of aliphatic carboxylic acids is 1. The summed E-state index contributed by atoms with van der Waals surface area (Å²) in [6, 6.07) is -0.344. The monoisotopic (exact) mass is 258 g/mol. The van der Waals surface area contributed by atoms with E-state index in [0.29, 0.717) is 6.54 Å². The minimum atomic E-state index is -0.938. The Morgan fingerprint density at radius 2 is 1.94 bits per heavy atom. The number of aliphatic hydroxyl groups is 1. The third kappa shape index (κ3) is 4.18. The molecule has 0 heterocycles. The molecule has 1 aliphatic rings. The number of amides is 2. The summed E-state index contributed by atoms with van der Waals surface area (Å²) in [5.74, 6) is -1.55. The zero-order valence-electron chi connectivity index (χ0n) is 11.0. The van der Waals surface area contributed by atoms with Crippen molar-refractivity contribution in [3.63, 3.8) is 0 Å². The van der Waals surface area contributed by atoms with Crippen LogP contribution in [0.25, 0.3) is 0 Å². The van der Waals surface area contributed by atoms with Crippen LogP contribution in [0.2, 0.25) is 0 Å². The van der Waals surface area contributed by atoms with E-state index in [9.17, 15) is 14.7 Å². The lowest BCUT2D eigenvalue weighted by molar-refractivity contribution is -0.140. The summed E-state index contributed by atoms with van der Waals surface area (Å²) in [4.78, 5) is 23.7. The molecule has 1 rings (SSSR count). The maximum Gasteiger partial charge on any atom is 0.317 e. The first-order valence-corrected chi connectivity index (χ1v) is 6.28. The molecule has 0 aromatic rings. The van der Waals surface area contributed by atoms with E-state index in [4.69, 9.17) is 5.11 Å². The summed E-state index contributed by atoms with van der Waals surface area (Å²) < 4.78 is 0. The van der Waals surface area contributed by atoms with Crippen molar-refractivity contribution in [3.8, 4) is 0 Å². The number of carbonyl (C=O) groups is 2. The number of hydrogen-bond acceptors (Lipinski definition) is 3. The SMILES string of the molecule is CC(CNC(=O)N(C)CC1(O)CCCC1)C(=O)O. The van der Waals surface area contributed by atoms with Gasteiger partial charge in [-0.15, -0.1) is 0 Å². The molecule has 0 radical (unpaired) electrons. The maximum absolute atomic E-state index is 11.7. The lowest BCUT2D eigenvalue weighted by Gasteiger charge is -2.28. The molecule has 104 valence electrons. The summed E-state index contributed by atoms with van der Waals surface area (Å²) in [5, 5.41) is 21.4. The summed E-state index contributed by atoms with van der Waals surface area (Å²) >= 11 is 0. The highest BCUT2D eigenvalue weighted by atomic mass is 16.4. The normalized spacial score (nSPS) is 19.3. The predicted octanol–water partition coefficient (Wildman–Crippen LogP) is 0.654. The molecule has 1 unspecified atom stereocenters. The standard InChI is InChI=1S/C12H22N2O4/c1-9(10(15)16)7-13-11(17)14(2)8-12(18)5-3-4-6-12/h9,18H,3-8H2,1-2H3,(H,13,17)(H,15,16). The van der Waals surface area contributed by atoms with Gasteiger partial charge in [-0.3, -0.25) is 4.79 Å². The van der Waals surface area contributed by atoms with Crippen LogP contribution in [-0.4, -0.2) is 52.9 Å². The van der Waals surface area contributed by atoms with Crippen molar-refractivity contribution in [1.29, 1.82) is 0 Å². The number of nitrogens with one attached hydrogen (secondary N) is 1. The zero-order chi connectivity index (χ0) is 13.8. The van der Waals surface area contributed by atoms with Gasteiger partial charge in [-0.2, -0.15) is 0 Å². The van der Waals surface area contributed by atoms with Crippen molar-refractivity contribution < 1.29 is 19.8 Å². The van der Waals surface area contributed by atoms with Crippen LogP contribution in [-0.2, 0) is 4.79 Å². The molecule has 0 saturated heterocycles. The number of nitrogens with zero attached hydrogens (tertiary/aromatic N) is 1. The number of likely N-dealkylation sites (N-methyl/N-ethyl adjacent to an activating group) is 1. The van der Waals surface area contributed by atoms with Crippen molar-refractivity contribution >= 4 is 12.0 Å². The number of urea groups is 1. The minimum Gasteiger partial charge on any atom is -0.481 e. The van der Waals surface area contributed by atoms with Crippen LogP contribution in [0, 0.1) is 5.92 Å². The lowest BCUT2D eigenvalue weighted by atomic mass is 10.0. The highest BCUT2D eigenvalue weighted by Gasteiger charge is 2.33. The van der Waals surface area contributed by atoms with Crippen molar-refractivity contribution in [2.45, 2.75) is 38.2 Å². The van der Waals surface area contributed by atoms with Gasteiger partial charge in [0.2, 0.25) is 0 Å². The predicted molar refractivity (Wildman–Crippen MR) is 66.2 cm³/mol. The van der Waals surface area contributed by atoms with E-state index < -0.39 is 17.5 Å². The molecule has 1 atom stereocenters. The van der Waals surface area contributed by atoms with Crippen LogP contribution in [0.5, 0.6) is 0 Å². The molecule has 0 aliphatic heterocycles.